The van der Waals surface area contributed by atoms with Crippen LogP contribution in [-0.2, 0) is 16.4 Å². The topological polar surface area (TPSA) is 78.9 Å². The fraction of sp³-hybridized carbons (Fsp3) is 0.480. The summed E-state index contributed by atoms with van der Waals surface area (Å²) in [5.41, 5.74) is 1.78. The summed E-state index contributed by atoms with van der Waals surface area (Å²) in [6.45, 7) is 6.21. The van der Waals surface area contributed by atoms with E-state index >= 15 is 0 Å². The molecule has 7 nitrogen and oxygen atoms in total. The van der Waals surface area contributed by atoms with Crippen molar-refractivity contribution in [1.82, 2.24) is 14.5 Å². The predicted octanol–water partition coefficient (Wildman–Crippen LogP) is 2.79. The van der Waals surface area contributed by atoms with Crippen LogP contribution in [0.2, 0.25) is 0 Å². The molecule has 1 fully saturated rings. The molecule has 33 heavy (non-hydrogen) atoms. The van der Waals surface area contributed by atoms with Crippen molar-refractivity contribution in [3.05, 3.63) is 65.7 Å². The molecule has 8 heteroatoms. The van der Waals surface area contributed by atoms with Crippen LogP contribution in [0.15, 0.2) is 54.6 Å². The first-order chi connectivity index (χ1) is 16.0. The molecule has 0 spiro atoms. The van der Waals surface area contributed by atoms with Crippen molar-refractivity contribution < 1.29 is 17.9 Å². The van der Waals surface area contributed by atoms with Crippen LogP contribution >= 0.6 is 0 Å². The number of hydrogen-bond donors (Lipinski definition) is 1. The fourth-order valence-corrected chi connectivity index (χ4v) is 5.06. The molecule has 0 atom stereocenters. The number of unbranched alkanes of at least 4 members (excludes halogenated alkanes) is 1. The monoisotopic (exact) mass is 473 g/mol. The second-order valence-electron chi connectivity index (χ2n) is 8.27. The number of sulfonamides is 1. The molecule has 1 heterocycles. The lowest BCUT2D eigenvalue weighted by Crippen LogP contribution is -2.50. The van der Waals surface area contributed by atoms with E-state index < -0.39 is 10.0 Å². The van der Waals surface area contributed by atoms with E-state index in [-0.39, 0.29) is 18.2 Å². The third-order valence-electron chi connectivity index (χ3n) is 5.81. The fourth-order valence-electron chi connectivity index (χ4n) is 3.72. The van der Waals surface area contributed by atoms with Crippen molar-refractivity contribution in [2.75, 3.05) is 51.6 Å². The van der Waals surface area contributed by atoms with Crippen molar-refractivity contribution in [2.24, 2.45) is 0 Å². The van der Waals surface area contributed by atoms with E-state index in [0.717, 1.165) is 44.6 Å². The number of hydrogen-bond acceptors (Lipinski definition) is 5. The van der Waals surface area contributed by atoms with Crippen LogP contribution in [0.5, 0.6) is 5.75 Å². The van der Waals surface area contributed by atoms with Gasteiger partial charge in [-0.25, -0.2) is 8.42 Å². The zero-order chi connectivity index (χ0) is 23.5. The van der Waals surface area contributed by atoms with Crippen LogP contribution < -0.4 is 10.1 Å². The Labute approximate surface area is 197 Å². The van der Waals surface area contributed by atoms with Crippen molar-refractivity contribution in [3.63, 3.8) is 0 Å². The molecule has 0 saturated carbocycles. The van der Waals surface area contributed by atoms with Gasteiger partial charge in [-0.1, -0.05) is 43.7 Å². The molecule has 3 rings (SSSR count). The number of benzene rings is 2. The summed E-state index contributed by atoms with van der Waals surface area (Å²) < 4.78 is 32.5. The summed E-state index contributed by atoms with van der Waals surface area (Å²) in [5.74, 6) is 0.350. The molecule has 2 aromatic carbocycles. The second-order valence-corrected chi connectivity index (χ2v) is 10.4. The zero-order valence-electron chi connectivity index (χ0n) is 19.4. The number of carbonyl (C=O) groups excluding carboxylic acids is 1. The van der Waals surface area contributed by atoms with E-state index in [1.54, 1.807) is 28.6 Å². The van der Waals surface area contributed by atoms with Crippen LogP contribution in [0.25, 0.3) is 0 Å². The Morgan fingerprint density at radius 3 is 2.36 bits per heavy atom. The molecule has 0 aromatic heterocycles. The van der Waals surface area contributed by atoms with Gasteiger partial charge in [-0.2, -0.15) is 4.31 Å². The number of carbonyl (C=O) groups is 1. The lowest BCUT2D eigenvalue weighted by atomic mass is 10.1. The average molecular weight is 474 g/mol. The van der Waals surface area contributed by atoms with Gasteiger partial charge in [0.25, 0.3) is 5.91 Å². The largest absolute Gasteiger partial charge is 0.494 e. The van der Waals surface area contributed by atoms with Gasteiger partial charge in [0.15, 0.2) is 0 Å². The minimum absolute atomic E-state index is 0.0874. The van der Waals surface area contributed by atoms with Crippen molar-refractivity contribution in [3.8, 4) is 5.75 Å². The van der Waals surface area contributed by atoms with E-state index in [0.29, 0.717) is 25.3 Å². The Bertz CT molecular complexity index is 957. The molecule has 0 aliphatic carbocycles. The highest BCUT2D eigenvalue weighted by Crippen LogP contribution is 2.13. The quantitative estimate of drug-likeness (QED) is 0.480. The number of rotatable bonds is 12. The number of amides is 1. The molecule has 1 aliphatic rings. The maximum atomic E-state index is 12.7. The maximum Gasteiger partial charge on any atom is 0.251 e. The predicted molar refractivity (Wildman–Crippen MR) is 131 cm³/mol. The standard InChI is InChI=1S/C25H35N3O4S/c1-2-3-20-32-24-11-9-23(10-12-24)25(29)26-14-21-33(30,31)28-18-16-27(17-19-28)15-13-22-7-5-4-6-8-22/h4-12H,2-3,13-21H2,1H3,(H,26,29). The molecule has 0 radical (unpaired) electrons. The van der Waals surface area contributed by atoms with Crippen LogP contribution in [0, 0.1) is 0 Å². The van der Waals surface area contributed by atoms with Gasteiger partial charge in [0.2, 0.25) is 10.0 Å². The number of nitrogens with one attached hydrogen (secondary N) is 1. The Balaban J connectivity index is 1.37. The van der Waals surface area contributed by atoms with Gasteiger partial charge in [0, 0.05) is 44.8 Å². The molecule has 0 unspecified atom stereocenters. The number of nitrogens with zero attached hydrogens (tertiary/aromatic N) is 2. The molecule has 1 saturated heterocycles. The lowest BCUT2D eigenvalue weighted by molar-refractivity contribution is 0.0956. The van der Waals surface area contributed by atoms with E-state index in [1.807, 2.05) is 18.2 Å². The number of piperazine rings is 1. The Kier molecular flexibility index (Phi) is 9.72. The molecule has 1 N–H and O–H groups in total. The zero-order valence-corrected chi connectivity index (χ0v) is 20.2. The first kappa shape index (κ1) is 25.2. The van der Waals surface area contributed by atoms with E-state index in [1.165, 1.54) is 5.56 Å². The summed E-state index contributed by atoms with van der Waals surface area (Å²) in [5, 5.41) is 2.72. The van der Waals surface area contributed by atoms with Crippen LogP contribution in [0.3, 0.4) is 0 Å². The lowest BCUT2D eigenvalue weighted by Gasteiger charge is -2.34. The van der Waals surface area contributed by atoms with Crippen LogP contribution in [0.4, 0.5) is 0 Å². The first-order valence-electron chi connectivity index (χ1n) is 11.7. The first-order valence-corrected chi connectivity index (χ1v) is 13.3. The Morgan fingerprint density at radius 2 is 1.70 bits per heavy atom. The van der Waals surface area contributed by atoms with E-state index in [4.69, 9.17) is 4.74 Å². The average Bonchev–Trinajstić information content (AvgIpc) is 2.84. The second kappa shape index (κ2) is 12.7. The smallest absolute Gasteiger partial charge is 0.251 e. The molecular formula is C25H35N3O4S. The third-order valence-corrected chi connectivity index (χ3v) is 7.68. The summed E-state index contributed by atoms with van der Waals surface area (Å²) in [7, 11) is -3.40. The Hall–Kier alpha value is -2.42. The van der Waals surface area contributed by atoms with Gasteiger partial charge in [0.05, 0.1) is 12.4 Å². The van der Waals surface area contributed by atoms with Crippen LogP contribution in [-0.4, -0.2) is 75.2 Å². The highest BCUT2D eigenvalue weighted by molar-refractivity contribution is 7.89. The third kappa shape index (κ3) is 8.14. The van der Waals surface area contributed by atoms with Crippen LogP contribution in [0.1, 0.15) is 35.7 Å². The Morgan fingerprint density at radius 1 is 1.00 bits per heavy atom. The van der Waals surface area contributed by atoms with Gasteiger partial charge in [-0.3, -0.25) is 4.79 Å². The van der Waals surface area contributed by atoms with Gasteiger partial charge < -0.3 is 15.0 Å². The summed E-state index contributed by atoms with van der Waals surface area (Å²) >= 11 is 0. The van der Waals surface area contributed by atoms with Crippen molar-refractivity contribution in [2.45, 2.75) is 26.2 Å². The molecule has 2 aromatic rings. The summed E-state index contributed by atoms with van der Waals surface area (Å²) in [6.07, 6.45) is 3.01. The normalized spacial score (nSPS) is 15.3. The minimum atomic E-state index is -3.40. The summed E-state index contributed by atoms with van der Waals surface area (Å²) in [6, 6.07) is 17.2. The minimum Gasteiger partial charge on any atom is -0.494 e. The van der Waals surface area contributed by atoms with E-state index in [9.17, 15) is 13.2 Å². The molecule has 1 amide bonds. The number of ether oxygens (including phenoxy) is 1. The van der Waals surface area contributed by atoms with Gasteiger partial charge in [-0.15, -0.1) is 0 Å². The van der Waals surface area contributed by atoms with E-state index in [2.05, 4.69) is 29.3 Å². The van der Waals surface area contributed by atoms with Gasteiger partial charge in [0.1, 0.15) is 5.75 Å². The molecule has 180 valence electrons. The molecule has 0 bridgehead atoms. The van der Waals surface area contributed by atoms with Gasteiger partial charge >= 0.3 is 0 Å². The maximum absolute atomic E-state index is 12.7. The van der Waals surface area contributed by atoms with Crippen molar-refractivity contribution in [1.29, 1.82) is 0 Å². The SMILES string of the molecule is CCCCOc1ccc(C(=O)NCCS(=O)(=O)N2CCN(CCc3ccccc3)CC2)cc1. The molecule has 1 aliphatic heterocycles. The highest BCUT2D eigenvalue weighted by atomic mass is 32.2. The van der Waals surface area contributed by atoms with Crippen molar-refractivity contribution >= 4 is 15.9 Å². The highest BCUT2D eigenvalue weighted by Gasteiger charge is 2.26. The van der Waals surface area contributed by atoms with Gasteiger partial charge in [-0.05, 0) is 42.7 Å². The molecular weight excluding hydrogens is 438 g/mol. The summed E-state index contributed by atoms with van der Waals surface area (Å²) in [4.78, 5) is 14.6.